The molecule has 0 unspecified atom stereocenters. The lowest BCUT2D eigenvalue weighted by Gasteiger charge is -2.14. The van der Waals surface area contributed by atoms with E-state index >= 15 is 0 Å². The third-order valence-electron chi connectivity index (χ3n) is 3.71. The molecule has 5 nitrogen and oxygen atoms in total. The van der Waals surface area contributed by atoms with Gasteiger partial charge in [-0.2, -0.15) is 0 Å². The van der Waals surface area contributed by atoms with E-state index in [1.54, 1.807) is 51.1 Å². The molecule has 0 heterocycles. The molecular formula is C18H21NO4S. The number of hydrogen-bond donors (Lipinski definition) is 1. The van der Waals surface area contributed by atoms with Crippen LogP contribution in [-0.4, -0.2) is 21.0 Å². The molecule has 0 spiro atoms. The Balaban J connectivity index is 2.42. The first-order valence-electron chi connectivity index (χ1n) is 7.63. The zero-order chi connectivity index (χ0) is 17.9. The van der Waals surface area contributed by atoms with Crippen LogP contribution in [0.1, 0.15) is 34.0 Å². The second-order valence-corrected chi connectivity index (χ2v) is 7.22. The summed E-state index contributed by atoms with van der Waals surface area (Å²) < 4.78 is 33.0. The maximum absolute atomic E-state index is 12.7. The lowest BCUT2D eigenvalue weighted by molar-refractivity contribution is 0.0525. The van der Waals surface area contributed by atoms with Crippen LogP contribution in [0.2, 0.25) is 0 Å². The van der Waals surface area contributed by atoms with Gasteiger partial charge in [-0.3, -0.25) is 4.72 Å². The van der Waals surface area contributed by atoms with Gasteiger partial charge in [0, 0.05) is 0 Å². The van der Waals surface area contributed by atoms with E-state index in [0.29, 0.717) is 22.4 Å². The largest absolute Gasteiger partial charge is 0.462 e. The van der Waals surface area contributed by atoms with Gasteiger partial charge in [-0.05, 0) is 62.6 Å². The molecule has 0 fully saturated rings. The van der Waals surface area contributed by atoms with Crippen molar-refractivity contribution in [3.8, 4) is 0 Å². The van der Waals surface area contributed by atoms with Gasteiger partial charge >= 0.3 is 5.97 Å². The van der Waals surface area contributed by atoms with Crippen molar-refractivity contribution >= 4 is 21.7 Å². The monoisotopic (exact) mass is 347 g/mol. The highest BCUT2D eigenvalue weighted by Gasteiger charge is 2.20. The minimum absolute atomic E-state index is 0.225. The van der Waals surface area contributed by atoms with Gasteiger partial charge in [-0.1, -0.05) is 18.2 Å². The molecule has 128 valence electrons. The molecule has 0 aromatic heterocycles. The van der Waals surface area contributed by atoms with Crippen molar-refractivity contribution in [2.45, 2.75) is 32.6 Å². The Kier molecular flexibility index (Phi) is 5.29. The molecule has 0 aliphatic carbocycles. The summed E-state index contributed by atoms with van der Waals surface area (Å²) in [4.78, 5) is 12.2. The molecule has 2 aromatic carbocycles. The van der Waals surface area contributed by atoms with Crippen LogP contribution in [0.25, 0.3) is 0 Å². The zero-order valence-electron chi connectivity index (χ0n) is 14.2. The standard InChI is InChI=1S/C18H21NO4S/c1-5-23-18(20)15-7-6-8-16(14(15)4)19-24(21,22)17-11-12(2)9-10-13(17)3/h6-11,19H,5H2,1-4H3. The van der Waals surface area contributed by atoms with Gasteiger partial charge in [-0.15, -0.1) is 0 Å². The van der Waals surface area contributed by atoms with Crippen molar-refractivity contribution in [3.05, 3.63) is 58.7 Å². The number of carbonyl (C=O) groups excluding carboxylic acids is 1. The Morgan fingerprint density at radius 2 is 1.83 bits per heavy atom. The first kappa shape index (κ1) is 18.0. The molecule has 0 saturated carbocycles. The third kappa shape index (κ3) is 3.76. The van der Waals surface area contributed by atoms with E-state index in [9.17, 15) is 13.2 Å². The fourth-order valence-electron chi connectivity index (χ4n) is 2.37. The topological polar surface area (TPSA) is 72.5 Å². The van der Waals surface area contributed by atoms with E-state index in [1.165, 1.54) is 0 Å². The Labute approximate surface area is 142 Å². The van der Waals surface area contributed by atoms with Crippen molar-refractivity contribution in [3.63, 3.8) is 0 Å². The van der Waals surface area contributed by atoms with Gasteiger partial charge in [0.05, 0.1) is 22.8 Å². The predicted molar refractivity (Wildman–Crippen MR) is 93.9 cm³/mol. The Morgan fingerprint density at radius 3 is 2.50 bits per heavy atom. The van der Waals surface area contributed by atoms with Crippen molar-refractivity contribution in [2.24, 2.45) is 0 Å². The van der Waals surface area contributed by atoms with Crippen LogP contribution in [0.4, 0.5) is 5.69 Å². The average molecular weight is 347 g/mol. The zero-order valence-corrected chi connectivity index (χ0v) is 15.0. The molecule has 1 N–H and O–H groups in total. The summed E-state index contributed by atoms with van der Waals surface area (Å²) in [5.74, 6) is -0.470. The predicted octanol–water partition coefficient (Wildman–Crippen LogP) is 3.59. The number of sulfonamides is 1. The lowest BCUT2D eigenvalue weighted by Crippen LogP contribution is -2.16. The number of ether oxygens (including phenoxy) is 1. The number of esters is 1. The van der Waals surface area contributed by atoms with Crippen LogP contribution in [0.5, 0.6) is 0 Å². The van der Waals surface area contributed by atoms with Crippen LogP contribution in [0.15, 0.2) is 41.3 Å². The number of anilines is 1. The molecule has 24 heavy (non-hydrogen) atoms. The van der Waals surface area contributed by atoms with E-state index in [1.807, 2.05) is 13.0 Å². The van der Waals surface area contributed by atoms with Crippen LogP contribution < -0.4 is 4.72 Å². The molecule has 2 rings (SSSR count). The average Bonchev–Trinajstić information content (AvgIpc) is 2.51. The smallest absolute Gasteiger partial charge is 0.338 e. The molecule has 0 bridgehead atoms. The number of carbonyl (C=O) groups is 1. The summed E-state index contributed by atoms with van der Waals surface area (Å²) in [5, 5.41) is 0. The molecule has 2 aromatic rings. The summed E-state index contributed by atoms with van der Waals surface area (Å²) in [5.41, 5.74) is 2.76. The summed E-state index contributed by atoms with van der Waals surface area (Å²) in [6, 6.07) is 10.1. The molecule has 0 radical (unpaired) electrons. The second kappa shape index (κ2) is 7.05. The van der Waals surface area contributed by atoms with Gasteiger partial charge < -0.3 is 4.74 Å². The highest BCUT2D eigenvalue weighted by molar-refractivity contribution is 7.92. The normalized spacial score (nSPS) is 11.2. The van der Waals surface area contributed by atoms with Crippen LogP contribution in [-0.2, 0) is 14.8 Å². The van der Waals surface area contributed by atoms with Gasteiger partial charge in [0.25, 0.3) is 10.0 Å². The first-order chi connectivity index (χ1) is 11.3. The fraction of sp³-hybridized carbons (Fsp3) is 0.278. The van der Waals surface area contributed by atoms with Crippen molar-refractivity contribution in [1.29, 1.82) is 0 Å². The maximum Gasteiger partial charge on any atom is 0.338 e. The minimum Gasteiger partial charge on any atom is -0.462 e. The summed E-state index contributed by atoms with van der Waals surface area (Å²) in [6.45, 7) is 7.26. The summed E-state index contributed by atoms with van der Waals surface area (Å²) >= 11 is 0. The Hall–Kier alpha value is -2.34. The lowest BCUT2D eigenvalue weighted by atomic mass is 10.1. The number of benzene rings is 2. The van der Waals surface area contributed by atoms with Crippen LogP contribution >= 0.6 is 0 Å². The third-order valence-corrected chi connectivity index (χ3v) is 5.21. The minimum atomic E-state index is -3.75. The number of hydrogen-bond acceptors (Lipinski definition) is 4. The number of rotatable bonds is 5. The van der Waals surface area contributed by atoms with Crippen molar-refractivity contribution in [1.82, 2.24) is 0 Å². The van der Waals surface area contributed by atoms with Crippen LogP contribution in [0, 0.1) is 20.8 Å². The van der Waals surface area contributed by atoms with E-state index in [4.69, 9.17) is 4.74 Å². The molecule has 0 amide bonds. The van der Waals surface area contributed by atoms with Crippen molar-refractivity contribution < 1.29 is 17.9 Å². The highest BCUT2D eigenvalue weighted by atomic mass is 32.2. The Morgan fingerprint density at radius 1 is 1.12 bits per heavy atom. The van der Waals surface area contributed by atoms with Crippen LogP contribution in [0.3, 0.4) is 0 Å². The van der Waals surface area contributed by atoms with Gasteiger partial charge in [-0.25, -0.2) is 13.2 Å². The molecule has 0 aliphatic heterocycles. The number of aryl methyl sites for hydroxylation is 2. The van der Waals surface area contributed by atoms with E-state index in [0.717, 1.165) is 5.56 Å². The van der Waals surface area contributed by atoms with E-state index in [-0.39, 0.29) is 11.5 Å². The van der Waals surface area contributed by atoms with E-state index in [2.05, 4.69) is 4.72 Å². The Bertz CT molecular complexity index is 873. The van der Waals surface area contributed by atoms with Gasteiger partial charge in [0.1, 0.15) is 0 Å². The second-order valence-electron chi connectivity index (χ2n) is 5.57. The van der Waals surface area contributed by atoms with Gasteiger partial charge in [0.2, 0.25) is 0 Å². The molecular weight excluding hydrogens is 326 g/mol. The molecule has 0 atom stereocenters. The molecule has 6 heteroatoms. The number of nitrogens with one attached hydrogen (secondary N) is 1. The molecule has 0 saturated heterocycles. The quantitative estimate of drug-likeness (QED) is 0.839. The fourth-order valence-corrected chi connectivity index (χ4v) is 3.83. The van der Waals surface area contributed by atoms with E-state index < -0.39 is 16.0 Å². The van der Waals surface area contributed by atoms with Gasteiger partial charge in [0.15, 0.2) is 0 Å². The summed E-state index contributed by atoms with van der Waals surface area (Å²) in [6.07, 6.45) is 0. The maximum atomic E-state index is 12.7. The SMILES string of the molecule is CCOC(=O)c1cccc(NS(=O)(=O)c2cc(C)ccc2C)c1C. The first-order valence-corrected chi connectivity index (χ1v) is 9.11. The summed E-state index contributed by atoms with van der Waals surface area (Å²) in [7, 11) is -3.75. The van der Waals surface area contributed by atoms with Crippen molar-refractivity contribution in [2.75, 3.05) is 11.3 Å². The highest BCUT2D eigenvalue weighted by Crippen LogP contribution is 2.25. The molecule has 0 aliphatic rings.